The SMILES string of the molecule is CCOc1ccccc1C1C2(C#N)CN(Cc3ccco3)CC1(C#N)C1=NCN(Cc3ccco3)CN1C2=S. The second-order valence-electron chi connectivity index (χ2n) is 10.2. The Morgan fingerprint density at radius 2 is 1.64 bits per heavy atom. The highest BCUT2D eigenvalue weighted by Gasteiger charge is 2.68. The molecule has 3 atom stereocenters. The zero-order chi connectivity index (χ0) is 27.0. The van der Waals surface area contributed by atoms with Gasteiger partial charge in [-0.15, -0.1) is 0 Å². The van der Waals surface area contributed by atoms with Gasteiger partial charge in [0.2, 0.25) is 0 Å². The maximum absolute atomic E-state index is 11.1. The van der Waals surface area contributed by atoms with Crippen LogP contribution in [0.3, 0.4) is 0 Å². The minimum Gasteiger partial charge on any atom is -0.494 e. The summed E-state index contributed by atoms with van der Waals surface area (Å²) in [6.07, 6.45) is 3.28. The van der Waals surface area contributed by atoms with Gasteiger partial charge >= 0.3 is 0 Å². The highest BCUT2D eigenvalue weighted by molar-refractivity contribution is 7.80. The van der Waals surface area contributed by atoms with E-state index in [1.807, 2.05) is 60.4 Å². The highest BCUT2D eigenvalue weighted by atomic mass is 32.1. The van der Waals surface area contributed by atoms with Crippen molar-refractivity contribution in [1.82, 2.24) is 14.7 Å². The van der Waals surface area contributed by atoms with E-state index in [0.29, 0.717) is 62.7 Å². The summed E-state index contributed by atoms with van der Waals surface area (Å²) in [5, 5.41) is 22.1. The molecule has 6 rings (SSSR count). The third kappa shape index (κ3) is 4.04. The van der Waals surface area contributed by atoms with Crippen molar-refractivity contribution in [2.24, 2.45) is 15.8 Å². The normalized spacial score (nSPS) is 26.8. The molecule has 2 bridgehead atoms. The summed E-state index contributed by atoms with van der Waals surface area (Å²) in [5.74, 6) is 2.29. The maximum Gasteiger partial charge on any atom is 0.136 e. The number of furan rings is 2. The molecule has 3 aliphatic rings. The molecule has 0 aliphatic carbocycles. The summed E-state index contributed by atoms with van der Waals surface area (Å²) in [6, 6.07) is 20.5. The molecule has 0 N–H and O–H groups in total. The van der Waals surface area contributed by atoms with Crippen LogP contribution >= 0.6 is 12.2 Å². The van der Waals surface area contributed by atoms with E-state index >= 15 is 0 Å². The number of fused-ring (bicyclic) bond motifs is 4. The van der Waals surface area contributed by atoms with Gasteiger partial charge in [-0.25, -0.2) is 0 Å². The Labute approximate surface area is 232 Å². The fraction of sp³-hybridized carbons (Fsp3) is 0.379. The molecule has 2 saturated heterocycles. The van der Waals surface area contributed by atoms with E-state index in [0.717, 1.165) is 17.1 Å². The summed E-state index contributed by atoms with van der Waals surface area (Å²) < 4.78 is 17.2. The average molecular weight is 541 g/mol. The number of aliphatic imine (C=N–C) groups is 1. The van der Waals surface area contributed by atoms with Gasteiger partial charge in [0.15, 0.2) is 0 Å². The zero-order valence-corrected chi connectivity index (χ0v) is 22.4. The molecule has 0 saturated carbocycles. The number of amidine groups is 1. The molecule has 198 valence electrons. The van der Waals surface area contributed by atoms with Gasteiger partial charge in [0.1, 0.15) is 38.9 Å². The molecule has 39 heavy (non-hydrogen) atoms. The predicted molar refractivity (Wildman–Crippen MR) is 146 cm³/mol. The molecule has 3 aliphatic heterocycles. The van der Waals surface area contributed by atoms with Crippen molar-refractivity contribution in [3.05, 3.63) is 78.1 Å². The van der Waals surface area contributed by atoms with E-state index in [9.17, 15) is 10.5 Å². The van der Waals surface area contributed by atoms with Crippen molar-refractivity contribution in [2.75, 3.05) is 33.0 Å². The van der Waals surface area contributed by atoms with Crippen molar-refractivity contribution < 1.29 is 13.6 Å². The predicted octanol–water partition coefficient (Wildman–Crippen LogP) is 4.36. The fourth-order valence-corrected chi connectivity index (χ4v) is 6.77. The Kier molecular flexibility index (Phi) is 6.48. The topological polar surface area (TPSA) is 105 Å². The molecule has 3 aromatic rings. The number of rotatable bonds is 7. The lowest BCUT2D eigenvalue weighted by molar-refractivity contribution is 0.0469. The van der Waals surface area contributed by atoms with Crippen LogP contribution in [0.15, 0.2) is 74.9 Å². The van der Waals surface area contributed by atoms with Crippen molar-refractivity contribution in [1.29, 1.82) is 10.5 Å². The van der Waals surface area contributed by atoms with Crippen LogP contribution in [0, 0.1) is 33.5 Å². The first-order valence-electron chi connectivity index (χ1n) is 12.9. The van der Waals surface area contributed by atoms with Crippen LogP contribution in [0.4, 0.5) is 0 Å². The third-order valence-corrected chi connectivity index (χ3v) is 8.41. The van der Waals surface area contributed by atoms with Gasteiger partial charge in [-0.05, 0) is 37.3 Å². The zero-order valence-electron chi connectivity index (χ0n) is 21.6. The number of nitriles is 2. The Bertz CT molecular complexity index is 1470. The van der Waals surface area contributed by atoms with Gasteiger partial charge < -0.3 is 18.5 Å². The number of ether oxygens (including phenoxy) is 1. The summed E-state index contributed by atoms with van der Waals surface area (Å²) in [6.45, 7) is 4.92. The Morgan fingerprint density at radius 3 is 2.28 bits per heavy atom. The van der Waals surface area contributed by atoms with Crippen LogP contribution in [0.1, 0.15) is 29.9 Å². The van der Waals surface area contributed by atoms with E-state index in [-0.39, 0.29) is 0 Å². The number of likely N-dealkylation sites (tertiary alicyclic amines) is 1. The highest BCUT2D eigenvalue weighted by Crippen LogP contribution is 2.59. The Hall–Kier alpha value is -3.96. The molecule has 10 heteroatoms. The van der Waals surface area contributed by atoms with E-state index in [1.165, 1.54) is 0 Å². The van der Waals surface area contributed by atoms with E-state index < -0.39 is 16.7 Å². The first-order valence-corrected chi connectivity index (χ1v) is 13.4. The molecule has 2 fully saturated rings. The monoisotopic (exact) mass is 540 g/mol. The molecular weight excluding hydrogens is 512 g/mol. The second kappa shape index (κ2) is 9.97. The molecule has 1 aromatic carbocycles. The van der Waals surface area contributed by atoms with E-state index in [4.69, 9.17) is 30.8 Å². The number of thiocarbonyl (C=S) groups is 1. The number of hydrogen-bond acceptors (Lipinski definition) is 9. The Morgan fingerprint density at radius 1 is 0.974 bits per heavy atom. The van der Waals surface area contributed by atoms with Gasteiger partial charge in [0.05, 0.1) is 57.7 Å². The number of benzene rings is 1. The van der Waals surface area contributed by atoms with E-state index in [1.54, 1.807) is 12.5 Å². The van der Waals surface area contributed by atoms with Gasteiger partial charge in [0, 0.05) is 24.6 Å². The minimum absolute atomic E-state index is 0.347. The smallest absolute Gasteiger partial charge is 0.136 e. The van der Waals surface area contributed by atoms with Crippen LogP contribution in [0.25, 0.3) is 0 Å². The summed E-state index contributed by atoms with van der Waals surface area (Å²) in [4.78, 5) is 11.6. The van der Waals surface area contributed by atoms with Gasteiger partial charge in [-0.2, -0.15) is 10.5 Å². The first kappa shape index (κ1) is 25.3. The third-order valence-electron chi connectivity index (χ3n) is 7.82. The summed E-state index contributed by atoms with van der Waals surface area (Å²) >= 11 is 6.18. The number of para-hydroxylation sites is 1. The van der Waals surface area contributed by atoms with Gasteiger partial charge in [-0.3, -0.25) is 14.8 Å². The molecule has 0 spiro atoms. The first-order chi connectivity index (χ1) is 19.0. The van der Waals surface area contributed by atoms with Crippen LogP contribution < -0.4 is 4.74 Å². The summed E-state index contributed by atoms with van der Waals surface area (Å²) in [7, 11) is 0. The standard InChI is InChI=1S/C29H28N6O3S/c1-2-36-24-10-4-3-9-23(24)25-28(15-30)17-33(13-21-7-5-11-37-21)18-29(25,16-31)27(39)35-20-34(19-32-26(28)35)14-22-8-6-12-38-22/h3-12,25H,2,13-14,17-20H2,1H3. The average Bonchev–Trinajstić information content (AvgIpc) is 3.67. The van der Waals surface area contributed by atoms with Crippen molar-refractivity contribution >= 4 is 23.0 Å². The second-order valence-corrected chi connectivity index (χ2v) is 10.6. The van der Waals surface area contributed by atoms with Crippen molar-refractivity contribution in [3.63, 3.8) is 0 Å². The minimum atomic E-state index is -1.18. The number of hydrogen-bond donors (Lipinski definition) is 0. The van der Waals surface area contributed by atoms with E-state index in [2.05, 4.69) is 21.9 Å². The van der Waals surface area contributed by atoms with Crippen molar-refractivity contribution in [3.8, 4) is 17.9 Å². The molecule has 0 amide bonds. The lowest BCUT2D eigenvalue weighted by Crippen LogP contribution is -2.73. The molecule has 3 unspecified atom stereocenters. The molecule has 0 radical (unpaired) electrons. The molecule has 9 nitrogen and oxygen atoms in total. The lowest BCUT2D eigenvalue weighted by atomic mass is 9.53. The molecule has 2 aromatic heterocycles. The van der Waals surface area contributed by atoms with Crippen LogP contribution in [0.2, 0.25) is 0 Å². The maximum atomic E-state index is 11.1. The summed E-state index contributed by atoms with van der Waals surface area (Å²) in [5.41, 5.74) is -1.52. The quantitative estimate of drug-likeness (QED) is 0.404. The van der Waals surface area contributed by atoms with Crippen LogP contribution in [0.5, 0.6) is 5.75 Å². The number of piperidine rings is 2. The van der Waals surface area contributed by atoms with Gasteiger partial charge in [0.25, 0.3) is 0 Å². The fourth-order valence-electron chi connectivity index (χ4n) is 6.39. The molecule has 5 heterocycles. The van der Waals surface area contributed by atoms with Crippen molar-refractivity contribution in [2.45, 2.75) is 25.9 Å². The number of nitrogens with zero attached hydrogens (tertiary/aromatic N) is 6. The largest absolute Gasteiger partial charge is 0.494 e. The molecular formula is C29H28N6O3S. The Balaban J connectivity index is 1.50. The van der Waals surface area contributed by atoms with Crippen LogP contribution in [-0.4, -0.2) is 58.6 Å². The lowest BCUT2D eigenvalue weighted by Gasteiger charge is -2.60. The van der Waals surface area contributed by atoms with Gasteiger partial charge in [-0.1, -0.05) is 30.4 Å². The van der Waals surface area contributed by atoms with Crippen LogP contribution in [-0.2, 0) is 13.1 Å².